The summed E-state index contributed by atoms with van der Waals surface area (Å²) in [6, 6.07) is 3.50. The second-order valence-electron chi connectivity index (χ2n) is 6.38. The molecule has 3 atom stereocenters. The minimum absolute atomic E-state index is 0.0540. The fraction of sp³-hybridized carbons (Fsp3) is 0.500. The highest BCUT2D eigenvalue weighted by Crippen LogP contribution is 2.48. The van der Waals surface area contributed by atoms with E-state index in [4.69, 9.17) is 19.0 Å². The van der Waals surface area contributed by atoms with E-state index < -0.39 is 18.0 Å². The number of hydrogen-bond donors (Lipinski definition) is 0. The SMILES string of the molecule is CCOC(=O)C1=NO[C@H]2[C@@H]1C(=O)N1CCc3cc(OC)c(OC)cc3[C@@H]21. The summed E-state index contributed by atoms with van der Waals surface area (Å²) in [5, 5.41) is 3.87. The predicted octanol–water partition coefficient (Wildman–Crippen LogP) is 1.08. The number of methoxy groups -OCH3 is 2. The lowest BCUT2D eigenvalue weighted by molar-refractivity contribution is -0.137. The third-order valence-electron chi connectivity index (χ3n) is 5.16. The van der Waals surface area contributed by atoms with Crippen molar-refractivity contribution in [2.45, 2.75) is 25.5 Å². The molecule has 0 aliphatic carbocycles. The maximum Gasteiger partial charge on any atom is 0.357 e. The lowest BCUT2D eigenvalue weighted by atomic mass is 9.88. The quantitative estimate of drug-likeness (QED) is 0.747. The standard InChI is InChI=1S/C18H20N2O6/c1-4-25-18(22)14-13-16(26-19-14)15-10-8-12(24-3)11(23-2)7-9(10)5-6-20(15)17(13)21/h7-8,13,15-16H,4-6H2,1-3H3/t13-,15+,16+/m1/s1. The van der Waals surface area contributed by atoms with E-state index in [0.29, 0.717) is 24.5 Å². The van der Waals surface area contributed by atoms with Crippen LogP contribution in [-0.2, 0) is 25.6 Å². The number of amides is 1. The van der Waals surface area contributed by atoms with Gasteiger partial charge in [-0.05, 0) is 36.6 Å². The number of nitrogens with zero attached hydrogens (tertiary/aromatic N) is 2. The van der Waals surface area contributed by atoms with E-state index in [1.807, 2.05) is 12.1 Å². The van der Waals surface area contributed by atoms with Crippen molar-refractivity contribution in [1.82, 2.24) is 4.90 Å². The molecule has 0 saturated carbocycles. The van der Waals surface area contributed by atoms with Crippen LogP contribution in [0.15, 0.2) is 17.3 Å². The van der Waals surface area contributed by atoms with Crippen molar-refractivity contribution in [2.24, 2.45) is 11.1 Å². The van der Waals surface area contributed by atoms with Crippen molar-refractivity contribution < 1.29 is 28.6 Å². The molecule has 1 saturated heterocycles. The maximum atomic E-state index is 12.9. The minimum atomic E-state index is -0.724. The second kappa shape index (κ2) is 6.19. The van der Waals surface area contributed by atoms with Gasteiger partial charge in [0, 0.05) is 6.54 Å². The lowest BCUT2D eigenvalue weighted by Gasteiger charge is -2.33. The van der Waals surface area contributed by atoms with Crippen LogP contribution in [0.3, 0.4) is 0 Å². The number of oxime groups is 1. The zero-order valence-corrected chi connectivity index (χ0v) is 14.9. The molecule has 4 rings (SSSR count). The molecule has 0 bridgehead atoms. The molecule has 1 aromatic rings. The molecule has 0 aromatic heterocycles. The molecule has 26 heavy (non-hydrogen) atoms. The van der Waals surface area contributed by atoms with Crippen molar-refractivity contribution >= 4 is 17.6 Å². The summed E-state index contributed by atoms with van der Waals surface area (Å²) in [4.78, 5) is 32.4. The number of rotatable bonds is 4. The summed E-state index contributed by atoms with van der Waals surface area (Å²) in [6.45, 7) is 2.48. The Labute approximate surface area is 150 Å². The normalized spacial score (nSPS) is 25.7. The molecule has 0 N–H and O–H groups in total. The van der Waals surface area contributed by atoms with Gasteiger partial charge in [0.25, 0.3) is 0 Å². The molecule has 1 amide bonds. The van der Waals surface area contributed by atoms with Gasteiger partial charge >= 0.3 is 5.97 Å². The molecule has 0 radical (unpaired) electrons. The summed E-state index contributed by atoms with van der Waals surface area (Å²) in [7, 11) is 3.16. The van der Waals surface area contributed by atoms with Crippen LogP contribution in [0.25, 0.3) is 0 Å². The van der Waals surface area contributed by atoms with Gasteiger partial charge in [0.1, 0.15) is 5.92 Å². The fourth-order valence-electron chi connectivity index (χ4n) is 4.01. The lowest BCUT2D eigenvalue weighted by Crippen LogP contribution is -2.38. The zero-order chi connectivity index (χ0) is 18.4. The first-order valence-electron chi connectivity index (χ1n) is 8.56. The number of fused-ring (bicyclic) bond motifs is 5. The summed E-state index contributed by atoms with van der Waals surface area (Å²) in [6.07, 6.45) is 0.155. The molecule has 1 aromatic carbocycles. The largest absolute Gasteiger partial charge is 0.493 e. The van der Waals surface area contributed by atoms with Crippen LogP contribution in [-0.4, -0.2) is 56.0 Å². The highest BCUT2D eigenvalue weighted by Gasteiger charge is 2.59. The summed E-state index contributed by atoms with van der Waals surface area (Å²) in [5.41, 5.74) is 2.07. The van der Waals surface area contributed by atoms with Crippen LogP contribution in [0.2, 0.25) is 0 Å². The van der Waals surface area contributed by atoms with Gasteiger partial charge in [0.05, 0.1) is 26.9 Å². The van der Waals surface area contributed by atoms with Gasteiger partial charge in [0.15, 0.2) is 23.3 Å². The van der Waals surface area contributed by atoms with Gasteiger partial charge < -0.3 is 23.9 Å². The Bertz CT molecular complexity index is 805. The predicted molar refractivity (Wildman–Crippen MR) is 90.1 cm³/mol. The van der Waals surface area contributed by atoms with Gasteiger partial charge in [-0.15, -0.1) is 0 Å². The van der Waals surface area contributed by atoms with Crippen molar-refractivity contribution in [2.75, 3.05) is 27.4 Å². The molecule has 8 nitrogen and oxygen atoms in total. The molecule has 8 heteroatoms. The van der Waals surface area contributed by atoms with Crippen LogP contribution in [0, 0.1) is 5.92 Å². The Kier molecular flexibility index (Phi) is 3.97. The van der Waals surface area contributed by atoms with Gasteiger partial charge in [0.2, 0.25) is 5.91 Å². The smallest absolute Gasteiger partial charge is 0.357 e. The molecular weight excluding hydrogens is 340 g/mol. The number of carbonyl (C=O) groups is 2. The van der Waals surface area contributed by atoms with Crippen LogP contribution >= 0.6 is 0 Å². The monoisotopic (exact) mass is 360 g/mol. The Balaban J connectivity index is 1.73. The molecule has 3 heterocycles. The Morgan fingerprint density at radius 3 is 2.73 bits per heavy atom. The fourth-order valence-corrected chi connectivity index (χ4v) is 4.01. The number of carbonyl (C=O) groups excluding carboxylic acids is 2. The summed E-state index contributed by atoms with van der Waals surface area (Å²) < 4.78 is 15.8. The molecule has 138 valence electrons. The van der Waals surface area contributed by atoms with Crippen LogP contribution < -0.4 is 9.47 Å². The molecule has 3 aliphatic rings. The van der Waals surface area contributed by atoms with E-state index in [2.05, 4.69) is 5.16 Å². The first-order valence-corrected chi connectivity index (χ1v) is 8.56. The van der Waals surface area contributed by atoms with Crippen molar-refractivity contribution in [3.63, 3.8) is 0 Å². The Hall–Kier alpha value is -2.77. The van der Waals surface area contributed by atoms with Gasteiger partial charge in [-0.2, -0.15) is 0 Å². The van der Waals surface area contributed by atoms with Crippen molar-refractivity contribution in [3.05, 3.63) is 23.3 Å². The average Bonchev–Trinajstić information content (AvgIpc) is 3.20. The zero-order valence-electron chi connectivity index (χ0n) is 14.9. The van der Waals surface area contributed by atoms with E-state index in [9.17, 15) is 9.59 Å². The third kappa shape index (κ3) is 2.24. The highest BCUT2D eigenvalue weighted by atomic mass is 16.7. The van der Waals surface area contributed by atoms with Gasteiger partial charge in [-0.25, -0.2) is 4.79 Å². The van der Waals surface area contributed by atoms with Crippen molar-refractivity contribution in [3.8, 4) is 11.5 Å². The number of benzene rings is 1. The molecule has 1 fully saturated rings. The first kappa shape index (κ1) is 16.7. The van der Waals surface area contributed by atoms with Crippen LogP contribution in [0.1, 0.15) is 24.1 Å². The Morgan fingerprint density at radius 1 is 1.31 bits per heavy atom. The number of esters is 1. The van der Waals surface area contributed by atoms with E-state index in [1.54, 1.807) is 26.0 Å². The van der Waals surface area contributed by atoms with Crippen molar-refractivity contribution in [1.29, 1.82) is 0 Å². The number of hydrogen-bond acceptors (Lipinski definition) is 7. The third-order valence-corrected chi connectivity index (χ3v) is 5.16. The maximum absolute atomic E-state index is 12.9. The van der Waals surface area contributed by atoms with Crippen LogP contribution in [0.5, 0.6) is 11.5 Å². The van der Waals surface area contributed by atoms with Gasteiger partial charge in [-0.1, -0.05) is 5.16 Å². The molecule has 0 spiro atoms. The minimum Gasteiger partial charge on any atom is -0.493 e. The second-order valence-corrected chi connectivity index (χ2v) is 6.38. The summed E-state index contributed by atoms with van der Waals surface area (Å²) in [5.74, 6) is -0.228. The molecule has 0 unspecified atom stereocenters. The molecular formula is C18H20N2O6. The first-order chi connectivity index (χ1) is 12.6. The topological polar surface area (TPSA) is 86.7 Å². The number of ether oxygens (including phenoxy) is 3. The molecule has 3 aliphatic heterocycles. The summed E-state index contributed by atoms with van der Waals surface area (Å²) >= 11 is 0. The highest BCUT2D eigenvalue weighted by molar-refractivity contribution is 6.41. The van der Waals surface area contributed by atoms with Gasteiger partial charge in [-0.3, -0.25) is 4.79 Å². The van der Waals surface area contributed by atoms with E-state index in [0.717, 1.165) is 11.1 Å². The average molecular weight is 360 g/mol. The Morgan fingerprint density at radius 2 is 2.04 bits per heavy atom. The van der Waals surface area contributed by atoms with E-state index >= 15 is 0 Å². The van der Waals surface area contributed by atoms with Crippen LogP contribution in [0.4, 0.5) is 0 Å². The van der Waals surface area contributed by atoms with E-state index in [-0.39, 0.29) is 24.3 Å². The van der Waals surface area contributed by atoms with E-state index in [1.165, 1.54) is 0 Å².